The highest BCUT2D eigenvalue weighted by molar-refractivity contribution is 9.11. The molecule has 5 heteroatoms. The standard InChI is InChI=1S/C16H19Br2NOS/c1-3-6-19-14(12-9-16(18)21-10-12)8-11-7-13(17)4-5-15(11)20-2/h4-5,7,9-10,14,19H,3,6,8H2,1-2H3. The number of hydrogen-bond donors (Lipinski definition) is 1. The molecule has 0 amide bonds. The summed E-state index contributed by atoms with van der Waals surface area (Å²) in [4.78, 5) is 0. The molecule has 0 fully saturated rings. The van der Waals surface area contributed by atoms with E-state index in [0.29, 0.717) is 6.04 Å². The lowest BCUT2D eigenvalue weighted by molar-refractivity contribution is 0.405. The van der Waals surface area contributed by atoms with E-state index in [4.69, 9.17) is 4.74 Å². The van der Waals surface area contributed by atoms with Gasteiger partial charge in [0.2, 0.25) is 0 Å². The first-order valence-corrected chi connectivity index (χ1v) is 9.40. The van der Waals surface area contributed by atoms with Crippen molar-refractivity contribution in [2.75, 3.05) is 13.7 Å². The summed E-state index contributed by atoms with van der Waals surface area (Å²) < 4.78 is 7.74. The van der Waals surface area contributed by atoms with Gasteiger partial charge in [0, 0.05) is 10.5 Å². The Hall–Kier alpha value is -0.360. The Morgan fingerprint density at radius 2 is 2.10 bits per heavy atom. The zero-order valence-electron chi connectivity index (χ0n) is 12.2. The molecule has 0 spiro atoms. The minimum atomic E-state index is 0.302. The molecule has 1 atom stereocenters. The van der Waals surface area contributed by atoms with Gasteiger partial charge in [0.25, 0.3) is 0 Å². The Bertz CT molecular complexity index is 585. The number of halogens is 2. The molecule has 0 bridgehead atoms. The molecule has 114 valence electrons. The molecule has 0 radical (unpaired) electrons. The van der Waals surface area contributed by atoms with Crippen LogP contribution in [-0.2, 0) is 6.42 Å². The summed E-state index contributed by atoms with van der Waals surface area (Å²) in [5.74, 6) is 0.941. The van der Waals surface area contributed by atoms with Crippen LogP contribution in [0.15, 0.2) is 37.9 Å². The van der Waals surface area contributed by atoms with Gasteiger partial charge in [-0.2, -0.15) is 0 Å². The summed E-state index contributed by atoms with van der Waals surface area (Å²) in [5, 5.41) is 5.84. The summed E-state index contributed by atoms with van der Waals surface area (Å²) in [6, 6.07) is 8.66. The van der Waals surface area contributed by atoms with Crippen LogP contribution in [0.3, 0.4) is 0 Å². The maximum atomic E-state index is 5.49. The third-order valence-electron chi connectivity index (χ3n) is 3.30. The molecule has 21 heavy (non-hydrogen) atoms. The van der Waals surface area contributed by atoms with Crippen LogP contribution >= 0.6 is 43.2 Å². The molecule has 2 aromatic rings. The van der Waals surface area contributed by atoms with Crippen molar-refractivity contribution in [2.45, 2.75) is 25.8 Å². The van der Waals surface area contributed by atoms with Crippen molar-refractivity contribution in [3.8, 4) is 5.75 Å². The highest BCUT2D eigenvalue weighted by Gasteiger charge is 2.16. The fraction of sp³-hybridized carbons (Fsp3) is 0.375. The van der Waals surface area contributed by atoms with E-state index in [0.717, 1.165) is 29.6 Å². The van der Waals surface area contributed by atoms with Crippen LogP contribution in [0.25, 0.3) is 0 Å². The Labute approximate surface area is 147 Å². The van der Waals surface area contributed by atoms with Crippen molar-refractivity contribution in [3.63, 3.8) is 0 Å². The smallest absolute Gasteiger partial charge is 0.122 e. The number of rotatable bonds is 7. The van der Waals surface area contributed by atoms with Gasteiger partial charge < -0.3 is 10.1 Å². The topological polar surface area (TPSA) is 21.3 Å². The number of ether oxygens (including phenoxy) is 1. The Kier molecular flexibility index (Phi) is 6.74. The predicted octanol–water partition coefficient (Wildman–Crippen LogP) is 5.57. The zero-order chi connectivity index (χ0) is 15.2. The Morgan fingerprint density at radius 1 is 1.29 bits per heavy atom. The van der Waals surface area contributed by atoms with Gasteiger partial charge in [-0.3, -0.25) is 0 Å². The second-order valence-corrected chi connectivity index (χ2v) is 8.06. The lowest BCUT2D eigenvalue weighted by Crippen LogP contribution is -2.23. The molecule has 2 rings (SSSR count). The summed E-state index contributed by atoms with van der Waals surface area (Å²) >= 11 is 8.83. The number of hydrogen-bond acceptors (Lipinski definition) is 3. The first-order valence-electron chi connectivity index (χ1n) is 6.93. The predicted molar refractivity (Wildman–Crippen MR) is 97.5 cm³/mol. The van der Waals surface area contributed by atoms with Crippen LogP contribution < -0.4 is 10.1 Å². The Morgan fingerprint density at radius 3 is 2.71 bits per heavy atom. The van der Waals surface area contributed by atoms with Crippen molar-refractivity contribution >= 4 is 43.2 Å². The van der Waals surface area contributed by atoms with E-state index in [2.05, 4.69) is 61.6 Å². The second kappa shape index (κ2) is 8.32. The number of benzene rings is 1. The van der Waals surface area contributed by atoms with E-state index < -0.39 is 0 Å². The minimum absolute atomic E-state index is 0.302. The minimum Gasteiger partial charge on any atom is -0.496 e. The van der Waals surface area contributed by atoms with E-state index in [1.54, 1.807) is 18.4 Å². The van der Waals surface area contributed by atoms with Crippen molar-refractivity contribution in [1.82, 2.24) is 5.32 Å². The van der Waals surface area contributed by atoms with Crippen LogP contribution in [0.4, 0.5) is 0 Å². The van der Waals surface area contributed by atoms with Crippen LogP contribution in [0, 0.1) is 0 Å². The van der Waals surface area contributed by atoms with Crippen molar-refractivity contribution in [1.29, 1.82) is 0 Å². The third kappa shape index (κ3) is 4.81. The number of methoxy groups -OCH3 is 1. The van der Waals surface area contributed by atoms with Crippen molar-refractivity contribution < 1.29 is 4.74 Å². The molecule has 0 aliphatic heterocycles. The quantitative estimate of drug-likeness (QED) is 0.617. The van der Waals surface area contributed by atoms with Gasteiger partial charge in [-0.05, 0) is 76.1 Å². The van der Waals surface area contributed by atoms with Gasteiger partial charge in [0.1, 0.15) is 5.75 Å². The van der Waals surface area contributed by atoms with E-state index in [-0.39, 0.29) is 0 Å². The van der Waals surface area contributed by atoms with E-state index >= 15 is 0 Å². The molecule has 0 aliphatic carbocycles. The molecule has 1 aromatic heterocycles. The molecule has 1 unspecified atom stereocenters. The monoisotopic (exact) mass is 431 g/mol. The maximum Gasteiger partial charge on any atom is 0.122 e. The van der Waals surface area contributed by atoms with Gasteiger partial charge >= 0.3 is 0 Å². The highest BCUT2D eigenvalue weighted by Crippen LogP contribution is 2.31. The van der Waals surface area contributed by atoms with Gasteiger partial charge in [-0.15, -0.1) is 11.3 Å². The molecule has 2 nitrogen and oxygen atoms in total. The summed E-state index contributed by atoms with van der Waals surface area (Å²) in [7, 11) is 1.72. The summed E-state index contributed by atoms with van der Waals surface area (Å²) in [6.07, 6.45) is 2.03. The van der Waals surface area contributed by atoms with E-state index in [1.807, 2.05) is 12.1 Å². The van der Waals surface area contributed by atoms with Crippen LogP contribution in [0.5, 0.6) is 5.75 Å². The lowest BCUT2D eigenvalue weighted by Gasteiger charge is -2.19. The summed E-state index contributed by atoms with van der Waals surface area (Å²) in [5.41, 5.74) is 2.53. The molecule has 1 N–H and O–H groups in total. The van der Waals surface area contributed by atoms with Gasteiger partial charge in [0.05, 0.1) is 10.9 Å². The van der Waals surface area contributed by atoms with Crippen LogP contribution in [0.2, 0.25) is 0 Å². The molecule has 0 saturated carbocycles. The van der Waals surface area contributed by atoms with Gasteiger partial charge in [0.15, 0.2) is 0 Å². The first-order chi connectivity index (χ1) is 10.1. The number of thiophene rings is 1. The largest absolute Gasteiger partial charge is 0.496 e. The van der Waals surface area contributed by atoms with Gasteiger partial charge in [-0.1, -0.05) is 22.9 Å². The molecular weight excluding hydrogens is 414 g/mol. The van der Waals surface area contributed by atoms with Crippen molar-refractivity contribution in [2.24, 2.45) is 0 Å². The van der Waals surface area contributed by atoms with Crippen LogP contribution in [0.1, 0.15) is 30.5 Å². The second-order valence-electron chi connectivity index (χ2n) is 4.85. The highest BCUT2D eigenvalue weighted by atomic mass is 79.9. The fourth-order valence-corrected chi connectivity index (χ4v) is 3.90. The molecule has 1 heterocycles. The normalized spacial score (nSPS) is 12.4. The average molecular weight is 433 g/mol. The SMILES string of the molecule is CCCNC(Cc1cc(Br)ccc1OC)c1csc(Br)c1. The van der Waals surface area contributed by atoms with Crippen LogP contribution in [-0.4, -0.2) is 13.7 Å². The molecule has 1 aromatic carbocycles. The molecule has 0 saturated heterocycles. The first kappa shape index (κ1) is 17.0. The van der Waals surface area contributed by atoms with Gasteiger partial charge in [-0.25, -0.2) is 0 Å². The number of nitrogens with one attached hydrogen (secondary N) is 1. The Balaban J connectivity index is 2.24. The summed E-state index contributed by atoms with van der Waals surface area (Å²) in [6.45, 7) is 3.20. The van der Waals surface area contributed by atoms with E-state index in [1.165, 1.54) is 14.9 Å². The molecular formula is C16H19Br2NOS. The van der Waals surface area contributed by atoms with E-state index in [9.17, 15) is 0 Å². The van der Waals surface area contributed by atoms with Crippen molar-refractivity contribution in [3.05, 3.63) is 49.0 Å². The zero-order valence-corrected chi connectivity index (χ0v) is 16.1. The fourth-order valence-electron chi connectivity index (χ4n) is 2.26. The average Bonchev–Trinajstić information content (AvgIpc) is 2.90. The molecule has 0 aliphatic rings. The third-order valence-corrected chi connectivity index (χ3v) is 5.31. The maximum absolute atomic E-state index is 5.49. The lowest BCUT2D eigenvalue weighted by atomic mass is 10.0.